The molecule has 4 heteroatoms. The van der Waals surface area contributed by atoms with Crippen LogP contribution < -0.4 is 9.80 Å². The minimum atomic E-state index is 0.816. The van der Waals surface area contributed by atoms with E-state index in [1.54, 1.807) is 0 Å². The van der Waals surface area contributed by atoms with Crippen molar-refractivity contribution < 1.29 is 9.47 Å². The average molecular weight is 324 g/mol. The summed E-state index contributed by atoms with van der Waals surface area (Å²) in [6, 6.07) is 17.7. The molecule has 24 heavy (non-hydrogen) atoms. The first-order chi connectivity index (χ1) is 11.9. The molecular formula is C20H24N2O2. The molecule has 0 spiro atoms. The van der Waals surface area contributed by atoms with Gasteiger partial charge in [-0.1, -0.05) is 24.3 Å². The molecule has 2 aromatic rings. The summed E-state index contributed by atoms with van der Waals surface area (Å²) in [5.74, 6) is 0. The molecule has 0 amide bonds. The van der Waals surface area contributed by atoms with Gasteiger partial charge in [-0.2, -0.15) is 0 Å². The van der Waals surface area contributed by atoms with Crippen LogP contribution in [0.3, 0.4) is 0 Å². The third-order valence-electron chi connectivity index (χ3n) is 4.78. The normalized spacial score (nSPS) is 18.7. The molecule has 0 aliphatic carbocycles. The van der Waals surface area contributed by atoms with Gasteiger partial charge in [0.15, 0.2) is 0 Å². The summed E-state index contributed by atoms with van der Waals surface area (Å²) in [6.45, 7) is 7.14. The summed E-state index contributed by atoms with van der Waals surface area (Å²) in [5, 5.41) is 0. The number of benzene rings is 2. The molecule has 2 aromatic carbocycles. The zero-order chi connectivity index (χ0) is 16.2. The molecule has 0 bridgehead atoms. The molecule has 0 unspecified atom stereocenters. The molecular weight excluding hydrogens is 300 g/mol. The van der Waals surface area contributed by atoms with Gasteiger partial charge in [-0.25, -0.2) is 0 Å². The number of anilines is 2. The van der Waals surface area contributed by atoms with Gasteiger partial charge >= 0.3 is 0 Å². The minimum Gasteiger partial charge on any atom is -0.378 e. The second-order valence-corrected chi connectivity index (χ2v) is 6.30. The van der Waals surface area contributed by atoms with Crippen molar-refractivity contribution in [1.82, 2.24) is 0 Å². The lowest BCUT2D eigenvalue weighted by Crippen LogP contribution is -2.36. The van der Waals surface area contributed by atoms with Crippen molar-refractivity contribution in [2.45, 2.75) is 0 Å². The average Bonchev–Trinajstić information content (AvgIpc) is 2.70. The van der Waals surface area contributed by atoms with Crippen LogP contribution >= 0.6 is 0 Å². The topological polar surface area (TPSA) is 24.9 Å². The van der Waals surface area contributed by atoms with Crippen LogP contribution in [0.5, 0.6) is 0 Å². The fourth-order valence-electron chi connectivity index (χ4n) is 3.41. The van der Waals surface area contributed by atoms with Crippen molar-refractivity contribution >= 4 is 11.4 Å². The third-order valence-corrected chi connectivity index (χ3v) is 4.78. The van der Waals surface area contributed by atoms with Gasteiger partial charge in [0.05, 0.1) is 26.4 Å². The molecule has 0 atom stereocenters. The second kappa shape index (κ2) is 7.24. The van der Waals surface area contributed by atoms with Gasteiger partial charge in [-0.15, -0.1) is 0 Å². The number of ether oxygens (including phenoxy) is 2. The minimum absolute atomic E-state index is 0.816. The molecule has 0 N–H and O–H groups in total. The Morgan fingerprint density at radius 2 is 1.00 bits per heavy atom. The highest BCUT2D eigenvalue weighted by molar-refractivity contribution is 5.72. The Labute approximate surface area is 143 Å². The van der Waals surface area contributed by atoms with E-state index in [1.165, 1.54) is 22.5 Å². The molecule has 2 saturated heterocycles. The van der Waals surface area contributed by atoms with Crippen LogP contribution in [0.1, 0.15) is 0 Å². The van der Waals surface area contributed by atoms with E-state index in [4.69, 9.17) is 9.47 Å². The highest BCUT2D eigenvalue weighted by Crippen LogP contribution is 2.28. The van der Waals surface area contributed by atoms with E-state index >= 15 is 0 Å². The van der Waals surface area contributed by atoms with Crippen LogP contribution in [0.4, 0.5) is 11.4 Å². The van der Waals surface area contributed by atoms with Crippen LogP contribution in [0.15, 0.2) is 48.5 Å². The standard InChI is InChI=1S/C20H24N2O2/c1-3-17(15-19(5-1)21-7-11-23-12-8-21)18-4-2-6-20(16-18)22-9-13-24-14-10-22/h1-6,15-16H,7-14H2. The van der Waals surface area contributed by atoms with Crippen LogP contribution in [-0.4, -0.2) is 52.6 Å². The Hall–Kier alpha value is -2.04. The van der Waals surface area contributed by atoms with Crippen LogP contribution in [0.2, 0.25) is 0 Å². The number of rotatable bonds is 3. The molecule has 4 nitrogen and oxygen atoms in total. The predicted octanol–water partition coefficient (Wildman–Crippen LogP) is 3.03. The highest BCUT2D eigenvalue weighted by Gasteiger charge is 2.13. The van der Waals surface area contributed by atoms with Crippen LogP contribution in [-0.2, 0) is 9.47 Å². The van der Waals surface area contributed by atoms with Gasteiger partial charge in [0, 0.05) is 37.6 Å². The smallest absolute Gasteiger partial charge is 0.0642 e. The summed E-state index contributed by atoms with van der Waals surface area (Å²) in [7, 11) is 0. The van der Waals surface area contributed by atoms with Crippen LogP contribution in [0, 0.1) is 0 Å². The van der Waals surface area contributed by atoms with Crippen molar-refractivity contribution in [3.63, 3.8) is 0 Å². The molecule has 2 fully saturated rings. The lowest BCUT2D eigenvalue weighted by Gasteiger charge is -2.30. The van der Waals surface area contributed by atoms with E-state index in [2.05, 4.69) is 58.3 Å². The van der Waals surface area contributed by atoms with Gasteiger partial charge in [0.1, 0.15) is 0 Å². The van der Waals surface area contributed by atoms with E-state index in [0.717, 1.165) is 52.6 Å². The van der Waals surface area contributed by atoms with Crippen molar-refractivity contribution in [3.05, 3.63) is 48.5 Å². The quantitative estimate of drug-likeness (QED) is 0.866. The molecule has 2 aliphatic heterocycles. The summed E-state index contributed by atoms with van der Waals surface area (Å²) in [5.41, 5.74) is 5.11. The monoisotopic (exact) mass is 324 g/mol. The summed E-state index contributed by atoms with van der Waals surface area (Å²) in [4.78, 5) is 4.80. The fourth-order valence-corrected chi connectivity index (χ4v) is 3.41. The van der Waals surface area contributed by atoms with Gasteiger partial charge in [-0.05, 0) is 35.4 Å². The van der Waals surface area contributed by atoms with E-state index in [9.17, 15) is 0 Å². The van der Waals surface area contributed by atoms with Crippen LogP contribution in [0.25, 0.3) is 11.1 Å². The zero-order valence-corrected chi connectivity index (χ0v) is 14.0. The molecule has 126 valence electrons. The molecule has 0 saturated carbocycles. The maximum absolute atomic E-state index is 5.46. The highest BCUT2D eigenvalue weighted by atomic mass is 16.5. The summed E-state index contributed by atoms with van der Waals surface area (Å²) < 4.78 is 10.9. The predicted molar refractivity (Wildman–Crippen MR) is 97.9 cm³/mol. The van der Waals surface area contributed by atoms with Gasteiger partial charge in [0.25, 0.3) is 0 Å². The summed E-state index contributed by atoms with van der Waals surface area (Å²) >= 11 is 0. The Kier molecular flexibility index (Phi) is 4.67. The van der Waals surface area contributed by atoms with E-state index in [-0.39, 0.29) is 0 Å². The zero-order valence-electron chi connectivity index (χ0n) is 14.0. The molecule has 4 rings (SSSR count). The lowest BCUT2D eigenvalue weighted by molar-refractivity contribution is 0.122. The van der Waals surface area contributed by atoms with Gasteiger partial charge < -0.3 is 19.3 Å². The van der Waals surface area contributed by atoms with E-state index in [0.29, 0.717) is 0 Å². The van der Waals surface area contributed by atoms with Crippen molar-refractivity contribution in [3.8, 4) is 11.1 Å². The maximum Gasteiger partial charge on any atom is 0.0642 e. The third kappa shape index (κ3) is 3.40. The van der Waals surface area contributed by atoms with E-state index < -0.39 is 0 Å². The van der Waals surface area contributed by atoms with Crippen molar-refractivity contribution in [2.24, 2.45) is 0 Å². The summed E-state index contributed by atoms with van der Waals surface area (Å²) in [6.07, 6.45) is 0. The second-order valence-electron chi connectivity index (χ2n) is 6.30. The molecule has 0 radical (unpaired) electrons. The first kappa shape index (κ1) is 15.5. The van der Waals surface area contributed by atoms with Gasteiger partial charge in [0.2, 0.25) is 0 Å². The van der Waals surface area contributed by atoms with Crippen molar-refractivity contribution in [1.29, 1.82) is 0 Å². The lowest BCUT2D eigenvalue weighted by atomic mass is 10.0. The number of hydrogen-bond acceptors (Lipinski definition) is 4. The molecule has 2 aliphatic rings. The Bertz CT molecular complexity index is 617. The maximum atomic E-state index is 5.46. The fraction of sp³-hybridized carbons (Fsp3) is 0.400. The Balaban J connectivity index is 1.59. The largest absolute Gasteiger partial charge is 0.378 e. The first-order valence-corrected chi connectivity index (χ1v) is 8.76. The molecule has 2 heterocycles. The number of morpholine rings is 2. The molecule has 0 aromatic heterocycles. The Morgan fingerprint density at radius 3 is 1.42 bits per heavy atom. The van der Waals surface area contributed by atoms with Gasteiger partial charge in [-0.3, -0.25) is 0 Å². The van der Waals surface area contributed by atoms with E-state index in [1.807, 2.05) is 0 Å². The first-order valence-electron chi connectivity index (χ1n) is 8.76. The SMILES string of the molecule is c1cc(-c2cccc(N3CCOCC3)c2)cc(N2CCOCC2)c1. The number of nitrogens with zero attached hydrogens (tertiary/aromatic N) is 2. The Morgan fingerprint density at radius 1 is 0.583 bits per heavy atom. The number of hydrogen-bond donors (Lipinski definition) is 0. The van der Waals surface area contributed by atoms with Crippen molar-refractivity contribution in [2.75, 3.05) is 62.4 Å².